The van der Waals surface area contributed by atoms with E-state index in [1.807, 2.05) is 6.92 Å². The Hall–Kier alpha value is -0.370. The summed E-state index contributed by atoms with van der Waals surface area (Å²) in [7, 11) is -1.84. The lowest BCUT2D eigenvalue weighted by atomic mass is 9.91. The summed E-state index contributed by atoms with van der Waals surface area (Å²) >= 11 is 0. The first-order valence-corrected chi connectivity index (χ1v) is 8.36. The number of likely N-dealkylation sites (tertiary alicyclic amines) is 1. The van der Waals surface area contributed by atoms with Crippen molar-refractivity contribution in [3.05, 3.63) is 0 Å². The lowest BCUT2D eigenvalue weighted by Gasteiger charge is -2.34. The van der Waals surface area contributed by atoms with E-state index in [0.29, 0.717) is 19.0 Å². The van der Waals surface area contributed by atoms with Gasteiger partial charge < -0.3 is 10.6 Å². The monoisotopic (exact) mass is 327 g/mol. The molecule has 0 aromatic carbocycles. The first kappa shape index (κ1) is 19.6. The van der Waals surface area contributed by atoms with Crippen LogP contribution in [0.4, 0.5) is 0 Å². The van der Waals surface area contributed by atoms with Crippen LogP contribution in [0, 0.1) is 5.92 Å². The van der Waals surface area contributed by atoms with Crippen LogP contribution in [0.1, 0.15) is 26.7 Å². The summed E-state index contributed by atoms with van der Waals surface area (Å²) in [6.07, 6.45) is 1.79. The van der Waals surface area contributed by atoms with Gasteiger partial charge in [-0.3, -0.25) is 4.79 Å². The number of carbonyl (C=O) groups is 1. The molecule has 1 fully saturated rings. The SMILES string of the molecule is CCS(=O)(=O)N(C)CC(=O)N1CCC(C(C)N)CC1.Cl. The minimum Gasteiger partial charge on any atom is -0.342 e. The number of piperidine rings is 1. The summed E-state index contributed by atoms with van der Waals surface area (Å²) in [5.41, 5.74) is 5.85. The number of carbonyl (C=O) groups excluding carboxylic acids is 1. The molecule has 1 rings (SSSR count). The average molecular weight is 328 g/mol. The molecule has 1 amide bonds. The smallest absolute Gasteiger partial charge is 0.237 e. The molecule has 1 atom stereocenters. The van der Waals surface area contributed by atoms with Gasteiger partial charge >= 0.3 is 0 Å². The van der Waals surface area contributed by atoms with E-state index in [-0.39, 0.29) is 36.7 Å². The van der Waals surface area contributed by atoms with Gasteiger partial charge in [-0.1, -0.05) is 0 Å². The Morgan fingerprint density at radius 1 is 1.40 bits per heavy atom. The van der Waals surface area contributed by atoms with Gasteiger partial charge in [-0.25, -0.2) is 8.42 Å². The number of halogens is 1. The van der Waals surface area contributed by atoms with Crippen LogP contribution >= 0.6 is 12.4 Å². The molecular formula is C12H26ClN3O3S. The molecule has 120 valence electrons. The quantitative estimate of drug-likeness (QED) is 0.786. The normalized spacial score (nSPS) is 18.8. The summed E-state index contributed by atoms with van der Waals surface area (Å²) in [6.45, 7) is 4.84. The standard InChI is InChI=1S/C12H25N3O3S.ClH/c1-4-19(17,18)14(3)9-12(16)15-7-5-11(6-8-15)10(2)13;/h10-11H,4-9,13H2,1-3H3;1H. The number of hydrogen-bond donors (Lipinski definition) is 1. The molecule has 0 aromatic rings. The molecule has 1 heterocycles. The minimum absolute atomic E-state index is 0. The number of sulfonamides is 1. The van der Waals surface area contributed by atoms with Crippen LogP contribution in [-0.2, 0) is 14.8 Å². The van der Waals surface area contributed by atoms with Gasteiger partial charge in [-0.2, -0.15) is 4.31 Å². The number of rotatable bonds is 5. The van der Waals surface area contributed by atoms with E-state index in [1.165, 1.54) is 7.05 Å². The van der Waals surface area contributed by atoms with E-state index < -0.39 is 10.0 Å². The fraction of sp³-hybridized carbons (Fsp3) is 0.917. The van der Waals surface area contributed by atoms with Crippen LogP contribution in [0.15, 0.2) is 0 Å². The molecular weight excluding hydrogens is 302 g/mol. The van der Waals surface area contributed by atoms with Crippen molar-refractivity contribution in [2.45, 2.75) is 32.7 Å². The van der Waals surface area contributed by atoms with Gasteiger partial charge in [0, 0.05) is 26.2 Å². The predicted molar refractivity (Wildman–Crippen MR) is 82.3 cm³/mol. The topological polar surface area (TPSA) is 83.7 Å². The second-order valence-electron chi connectivity index (χ2n) is 5.23. The highest BCUT2D eigenvalue weighted by Crippen LogP contribution is 2.19. The van der Waals surface area contributed by atoms with Crippen molar-refractivity contribution in [1.29, 1.82) is 0 Å². The summed E-state index contributed by atoms with van der Waals surface area (Å²) in [5.74, 6) is 0.354. The summed E-state index contributed by atoms with van der Waals surface area (Å²) in [5, 5.41) is 0. The zero-order chi connectivity index (χ0) is 14.6. The van der Waals surface area contributed by atoms with E-state index >= 15 is 0 Å². The highest BCUT2D eigenvalue weighted by Gasteiger charge is 2.27. The van der Waals surface area contributed by atoms with Crippen molar-refractivity contribution in [2.75, 3.05) is 32.4 Å². The maximum absolute atomic E-state index is 12.0. The Bertz CT molecular complexity index is 406. The number of nitrogens with two attached hydrogens (primary N) is 1. The molecule has 20 heavy (non-hydrogen) atoms. The largest absolute Gasteiger partial charge is 0.342 e. The van der Waals surface area contributed by atoms with Crippen LogP contribution in [0.25, 0.3) is 0 Å². The van der Waals surface area contributed by atoms with E-state index in [4.69, 9.17) is 5.73 Å². The highest BCUT2D eigenvalue weighted by molar-refractivity contribution is 7.89. The lowest BCUT2D eigenvalue weighted by molar-refractivity contribution is -0.132. The zero-order valence-electron chi connectivity index (χ0n) is 12.4. The van der Waals surface area contributed by atoms with Gasteiger partial charge in [-0.05, 0) is 32.6 Å². The molecule has 1 aliphatic heterocycles. The minimum atomic E-state index is -3.29. The number of amides is 1. The van der Waals surface area contributed by atoms with Crippen LogP contribution in [0.3, 0.4) is 0 Å². The van der Waals surface area contributed by atoms with Crippen LogP contribution in [0.5, 0.6) is 0 Å². The fourth-order valence-electron chi connectivity index (χ4n) is 2.28. The summed E-state index contributed by atoms with van der Waals surface area (Å²) in [6, 6.07) is 0.153. The van der Waals surface area contributed by atoms with Gasteiger partial charge in [0.15, 0.2) is 0 Å². The third kappa shape index (κ3) is 5.20. The first-order valence-electron chi connectivity index (χ1n) is 6.75. The van der Waals surface area contributed by atoms with Gasteiger partial charge in [0.25, 0.3) is 0 Å². The lowest BCUT2D eigenvalue weighted by Crippen LogP contribution is -2.46. The molecule has 0 spiro atoms. The Morgan fingerprint density at radius 3 is 2.30 bits per heavy atom. The maximum atomic E-state index is 12.0. The molecule has 0 bridgehead atoms. The van der Waals surface area contributed by atoms with Gasteiger partial charge in [0.05, 0.1) is 12.3 Å². The Balaban J connectivity index is 0.00000361. The van der Waals surface area contributed by atoms with Crippen molar-refractivity contribution >= 4 is 28.3 Å². The van der Waals surface area contributed by atoms with E-state index in [9.17, 15) is 13.2 Å². The third-order valence-corrected chi connectivity index (χ3v) is 5.64. The van der Waals surface area contributed by atoms with Crippen molar-refractivity contribution in [1.82, 2.24) is 9.21 Å². The highest BCUT2D eigenvalue weighted by atomic mass is 35.5. The van der Waals surface area contributed by atoms with Crippen LogP contribution < -0.4 is 5.73 Å². The molecule has 0 radical (unpaired) electrons. The molecule has 0 aromatic heterocycles. The molecule has 1 aliphatic rings. The number of likely N-dealkylation sites (N-methyl/N-ethyl adjacent to an activating group) is 1. The van der Waals surface area contributed by atoms with Crippen LogP contribution in [0.2, 0.25) is 0 Å². The molecule has 1 saturated heterocycles. The van der Waals surface area contributed by atoms with Gasteiger partial charge in [-0.15, -0.1) is 12.4 Å². The molecule has 1 unspecified atom stereocenters. The van der Waals surface area contributed by atoms with Gasteiger partial charge in [0.2, 0.25) is 15.9 Å². The zero-order valence-corrected chi connectivity index (χ0v) is 14.0. The summed E-state index contributed by atoms with van der Waals surface area (Å²) < 4.78 is 24.3. The molecule has 6 nitrogen and oxygen atoms in total. The molecule has 0 aliphatic carbocycles. The van der Waals surface area contributed by atoms with E-state index in [1.54, 1.807) is 11.8 Å². The maximum Gasteiger partial charge on any atom is 0.237 e. The number of nitrogens with zero attached hydrogens (tertiary/aromatic N) is 2. The fourth-order valence-corrected chi connectivity index (χ4v) is 3.03. The van der Waals surface area contributed by atoms with Crippen molar-refractivity contribution in [3.63, 3.8) is 0 Å². The molecule has 0 saturated carbocycles. The third-order valence-electron chi connectivity index (χ3n) is 3.83. The van der Waals surface area contributed by atoms with Gasteiger partial charge in [0.1, 0.15) is 0 Å². The second kappa shape index (κ2) is 8.17. The van der Waals surface area contributed by atoms with E-state index in [0.717, 1.165) is 17.1 Å². The average Bonchev–Trinajstić information content (AvgIpc) is 2.38. The Morgan fingerprint density at radius 2 is 1.90 bits per heavy atom. The van der Waals surface area contributed by atoms with Crippen LogP contribution in [-0.4, -0.2) is 62.0 Å². The van der Waals surface area contributed by atoms with Crippen molar-refractivity contribution < 1.29 is 13.2 Å². The molecule has 8 heteroatoms. The number of hydrogen-bond acceptors (Lipinski definition) is 4. The van der Waals surface area contributed by atoms with E-state index in [2.05, 4.69) is 0 Å². The first-order chi connectivity index (χ1) is 8.77. The Kier molecular flexibility index (Phi) is 8.01. The predicted octanol–water partition coefficient (Wildman–Crippen LogP) is 0.276. The van der Waals surface area contributed by atoms with Crippen molar-refractivity contribution in [3.8, 4) is 0 Å². The van der Waals surface area contributed by atoms with Crippen molar-refractivity contribution in [2.24, 2.45) is 11.7 Å². The second-order valence-corrected chi connectivity index (χ2v) is 7.60. The Labute approximate surface area is 128 Å². The summed E-state index contributed by atoms with van der Waals surface area (Å²) in [4.78, 5) is 13.8. The molecule has 2 N–H and O–H groups in total.